The summed E-state index contributed by atoms with van der Waals surface area (Å²) < 4.78 is 5.87. The maximum atomic E-state index is 12.3. The Bertz CT molecular complexity index is 704. The van der Waals surface area contributed by atoms with Gasteiger partial charge in [-0.1, -0.05) is 11.6 Å². The minimum Gasteiger partial charge on any atom is -0.495 e. The molecule has 4 nitrogen and oxygen atoms in total. The highest BCUT2D eigenvalue weighted by Gasteiger charge is 2.12. The molecule has 0 spiro atoms. The van der Waals surface area contributed by atoms with E-state index in [1.807, 2.05) is 13.0 Å². The van der Waals surface area contributed by atoms with E-state index in [1.165, 1.54) is 7.11 Å². The fraction of sp³-hybridized carbons (Fsp3) is 0.133. The maximum absolute atomic E-state index is 12.3. The normalized spacial score (nSPS) is 10.3. The highest BCUT2D eigenvalue weighted by molar-refractivity contribution is 9.10. The molecule has 0 bridgehead atoms. The Morgan fingerprint density at radius 3 is 2.71 bits per heavy atom. The molecule has 0 heterocycles. The van der Waals surface area contributed by atoms with Crippen molar-refractivity contribution < 1.29 is 9.53 Å². The molecule has 0 saturated carbocycles. The van der Waals surface area contributed by atoms with Gasteiger partial charge in [-0.25, -0.2) is 0 Å². The van der Waals surface area contributed by atoms with E-state index in [0.717, 1.165) is 10.0 Å². The Balaban J connectivity index is 2.28. The van der Waals surface area contributed by atoms with Gasteiger partial charge in [0.15, 0.2) is 0 Å². The number of methoxy groups -OCH3 is 1. The number of ether oxygens (including phenoxy) is 1. The van der Waals surface area contributed by atoms with Crippen LogP contribution in [0.2, 0.25) is 5.02 Å². The summed E-state index contributed by atoms with van der Waals surface area (Å²) in [5, 5.41) is 3.39. The van der Waals surface area contributed by atoms with Gasteiger partial charge in [-0.15, -0.1) is 0 Å². The number of carbonyl (C=O) groups is 1. The number of benzene rings is 2. The zero-order chi connectivity index (χ0) is 15.6. The van der Waals surface area contributed by atoms with Gasteiger partial charge in [-0.3, -0.25) is 4.79 Å². The lowest BCUT2D eigenvalue weighted by atomic mass is 10.1. The lowest BCUT2D eigenvalue weighted by Crippen LogP contribution is -2.12. The first-order valence-corrected chi connectivity index (χ1v) is 7.30. The molecular formula is C15H14BrClN2O2. The lowest BCUT2D eigenvalue weighted by molar-refractivity contribution is 0.102. The summed E-state index contributed by atoms with van der Waals surface area (Å²) in [5.41, 5.74) is 8.19. The van der Waals surface area contributed by atoms with Crippen LogP contribution in [0, 0.1) is 6.92 Å². The van der Waals surface area contributed by atoms with Crippen LogP contribution in [-0.4, -0.2) is 13.0 Å². The van der Waals surface area contributed by atoms with Gasteiger partial charge in [0, 0.05) is 15.1 Å². The molecule has 0 aliphatic heterocycles. The number of hydrogen-bond acceptors (Lipinski definition) is 3. The largest absolute Gasteiger partial charge is 0.495 e. The highest BCUT2D eigenvalue weighted by Crippen LogP contribution is 2.30. The average molecular weight is 370 g/mol. The van der Waals surface area contributed by atoms with Crippen molar-refractivity contribution >= 4 is 44.8 Å². The van der Waals surface area contributed by atoms with E-state index in [2.05, 4.69) is 21.2 Å². The monoisotopic (exact) mass is 368 g/mol. The first-order valence-electron chi connectivity index (χ1n) is 6.13. The van der Waals surface area contributed by atoms with Gasteiger partial charge in [0.2, 0.25) is 0 Å². The number of amides is 1. The number of nitrogens with two attached hydrogens (primary N) is 1. The van der Waals surface area contributed by atoms with Crippen molar-refractivity contribution in [2.24, 2.45) is 0 Å². The number of nitrogens with one attached hydrogen (secondary N) is 1. The van der Waals surface area contributed by atoms with E-state index in [4.69, 9.17) is 22.1 Å². The van der Waals surface area contributed by atoms with Gasteiger partial charge in [0.05, 0.1) is 18.5 Å². The summed E-state index contributed by atoms with van der Waals surface area (Å²) in [6, 6.07) is 8.41. The van der Waals surface area contributed by atoms with Crippen LogP contribution in [0.1, 0.15) is 15.9 Å². The molecule has 2 aromatic rings. The quantitative estimate of drug-likeness (QED) is 0.795. The molecule has 0 atom stereocenters. The number of carbonyl (C=O) groups excluding carboxylic acids is 1. The molecule has 0 aliphatic carbocycles. The van der Waals surface area contributed by atoms with Crippen molar-refractivity contribution in [2.45, 2.75) is 6.92 Å². The van der Waals surface area contributed by atoms with Crippen LogP contribution in [0.5, 0.6) is 5.75 Å². The minimum atomic E-state index is -0.270. The predicted octanol–water partition coefficient (Wildman–Crippen LogP) is 4.25. The van der Waals surface area contributed by atoms with Crippen LogP contribution in [0.25, 0.3) is 0 Å². The Hall–Kier alpha value is -1.72. The van der Waals surface area contributed by atoms with Gasteiger partial charge in [0.1, 0.15) is 5.75 Å². The molecule has 21 heavy (non-hydrogen) atoms. The van der Waals surface area contributed by atoms with Crippen LogP contribution in [0.3, 0.4) is 0 Å². The summed E-state index contributed by atoms with van der Waals surface area (Å²) in [6.07, 6.45) is 0. The molecule has 0 unspecified atom stereocenters. The van der Waals surface area contributed by atoms with Crippen molar-refractivity contribution in [2.75, 3.05) is 18.2 Å². The first-order chi connectivity index (χ1) is 9.92. The Morgan fingerprint density at radius 2 is 2.05 bits per heavy atom. The summed E-state index contributed by atoms with van der Waals surface area (Å²) in [7, 11) is 1.50. The molecule has 0 saturated heterocycles. The molecule has 1 amide bonds. The van der Waals surface area contributed by atoms with Crippen LogP contribution in [0.4, 0.5) is 11.4 Å². The van der Waals surface area contributed by atoms with Crippen LogP contribution < -0.4 is 15.8 Å². The maximum Gasteiger partial charge on any atom is 0.255 e. The summed E-state index contributed by atoms with van der Waals surface area (Å²) in [5.74, 6) is 0.192. The van der Waals surface area contributed by atoms with Crippen molar-refractivity contribution in [3.05, 3.63) is 51.0 Å². The van der Waals surface area contributed by atoms with E-state index in [9.17, 15) is 4.79 Å². The average Bonchev–Trinajstić information content (AvgIpc) is 2.45. The Kier molecular flexibility index (Phi) is 4.75. The molecule has 110 valence electrons. The van der Waals surface area contributed by atoms with E-state index in [-0.39, 0.29) is 5.91 Å². The number of rotatable bonds is 3. The van der Waals surface area contributed by atoms with Gasteiger partial charge in [-0.05, 0) is 58.7 Å². The van der Waals surface area contributed by atoms with Gasteiger partial charge >= 0.3 is 0 Å². The third-order valence-electron chi connectivity index (χ3n) is 2.99. The second kappa shape index (κ2) is 6.37. The topological polar surface area (TPSA) is 64.3 Å². The fourth-order valence-corrected chi connectivity index (χ4v) is 2.51. The van der Waals surface area contributed by atoms with E-state index in [1.54, 1.807) is 24.3 Å². The van der Waals surface area contributed by atoms with Crippen molar-refractivity contribution in [1.82, 2.24) is 0 Å². The van der Waals surface area contributed by atoms with Gasteiger partial charge < -0.3 is 15.8 Å². The van der Waals surface area contributed by atoms with Crippen molar-refractivity contribution in [1.29, 1.82) is 0 Å². The molecule has 0 radical (unpaired) electrons. The molecule has 0 aromatic heterocycles. The zero-order valence-electron chi connectivity index (χ0n) is 11.5. The first kappa shape index (κ1) is 15.7. The fourth-order valence-electron chi connectivity index (χ4n) is 1.79. The second-order valence-corrected chi connectivity index (χ2v) is 5.75. The predicted molar refractivity (Wildman–Crippen MR) is 89.2 cm³/mol. The highest BCUT2D eigenvalue weighted by atomic mass is 79.9. The van der Waals surface area contributed by atoms with E-state index >= 15 is 0 Å². The standard InChI is InChI=1S/C15H14BrClN2O2/c1-8-5-10(16)13(7-11(8)17)19-15(20)9-3-4-12(18)14(6-9)21-2/h3-7H,18H2,1-2H3,(H,19,20). The van der Waals surface area contributed by atoms with Crippen molar-refractivity contribution in [3.8, 4) is 5.75 Å². The number of anilines is 2. The summed E-state index contributed by atoms with van der Waals surface area (Å²) >= 11 is 9.48. The van der Waals surface area contributed by atoms with Gasteiger partial charge in [-0.2, -0.15) is 0 Å². The Labute approximate surface area is 136 Å². The van der Waals surface area contributed by atoms with Crippen LogP contribution in [-0.2, 0) is 0 Å². The summed E-state index contributed by atoms with van der Waals surface area (Å²) in [6.45, 7) is 1.89. The molecule has 0 fully saturated rings. The number of hydrogen-bond donors (Lipinski definition) is 2. The molecular weight excluding hydrogens is 356 g/mol. The second-order valence-electron chi connectivity index (χ2n) is 4.49. The van der Waals surface area contributed by atoms with Crippen LogP contribution in [0.15, 0.2) is 34.8 Å². The molecule has 6 heteroatoms. The molecule has 2 rings (SSSR count). The summed E-state index contributed by atoms with van der Waals surface area (Å²) in [4.78, 5) is 12.3. The SMILES string of the molecule is COc1cc(C(=O)Nc2cc(Cl)c(C)cc2Br)ccc1N. The minimum absolute atomic E-state index is 0.270. The Morgan fingerprint density at radius 1 is 1.33 bits per heavy atom. The van der Waals surface area contributed by atoms with Gasteiger partial charge in [0.25, 0.3) is 5.91 Å². The smallest absolute Gasteiger partial charge is 0.255 e. The van der Waals surface area contributed by atoms with Crippen molar-refractivity contribution in [3.63, 3.8) is 0 Å². The third kappa shape index (κ3) is 3.49. The molecule has 0 aliphatic rings. The zero-order valence-corrected chi connectivity index (χ0v) is 13.9. The number of halogens is 2. The van der Waals surface area contributed by atoms with Crippen LogP contribution >= 0.6 is 27.5 Å². The molecule has 2 aromatic carbocycles. The van der Waals surface area contributed by atoms with E-state index < -0.39 is 0 Å². The lowest BCUT2D eigenvalue weighted by Gasteiger charge is -2.11. The number of nitrogen functional groups attached to an aromatic ring is 1. The molecule has 3 N–H and O–H groups in total. The number of aryl methyl sites for hydroxylation is 1. The van der Waals surface area contributed by atoms with E-state index in [0.29, 0.717) is 27.7 Å². The third-order valence-corrected chi connectivity index (χ3v) is 4.06.